The molecule has 2 unspecified atom stereocenters. The van der Waals surface area contributed by atoms with Crippen molar-refractivity contribution in [2.45, 2.75) is 50.6 Å². The SMILES string of the molecule is Cn1c2c(c3ccccc31)C1CCC(C2)N1CCCCc1ccccc1. The van der Waals surface area contributed by atoms with Crippen LogP contribution in [0.2, 0.25) is 0 Å². The van der Waals surface area contributed by atoms with Gasteiger partial charge in [-0.05, 0) is 55.8 Å². The van der Waals surface area contributed by atoms with Crippen LogP contribution in [0.15, 0.2) is 54.6 Å². The molecular weight excluding hydrogens is 316 g/mol. The average molecular weight is 345 g/mol. The van der Waals surface area contributed by atoms with Gasteiger partial charge in [0, 0.05) is 42.1 Å². The minimum absolute atomic E-state index is 0.645. The number of para-hydroxylation sites is 1. The predicted molar refractivity (Wildman–Crippen MR) is 108 cm³/mol. The zero-order valence-electron chi connectivity index (χ0n) is 15.7. The Kier molecular flexibility index (Phi) is 4.09. The lowest BCUT2D eigenvalue weighted by molar-refractivity contribution is 0.173. The molecule has 2 nitrogen and oxygen atoms in total. The van der Waals surface area contributed by atoms with Crippen LogP contribution in [-0.4, -0.2) is 22.1 Å². The average Bonchev–Trinajstić information content (AvgIpc) is 3.12. The molecular formula is C24H28N2. The molecule has 3 aromatic rings. The Morgan fingerprint density at radius 3 is 2.62 bits per heavy atom. The summed E-state index contributed by atoms with van der Waals surface area (Å²) in [5.74, 6) is 0. The molecule has 2 aromatic carbocycles. The van der Waals surface area contributed by atoms with E-state index in [2.05, 4.69) is 71.1 Å². The lowest BCUT2D eigenvalue weighted by Gasteiger charge is -2.35. The molecule has 26 heavy (non-hydrogen) atoms. The fourth-order valence-electron chi connectivity index (χ4n) is 5.39. The van der Waals surface area contributed by atoms with Crippen LogP contribution in [0.4, 0.5) is 0 Å². The smallest absolute Gasteiger partial charge is 0.0483 e. The van der Waals surface area contributed by atoms with Crippen molar-refractivity contribution in [3.8, 4) is 0 Å². The summed E-state index contributed by atoms with van der Waals surface area (Å²) < 4.78 is 2.46. The van der Waals surface area contributed by atoms with E-state index >= 15 is 0 Å². The van der Waals surface area contributed by atoms with Crippen molar-refractivity contribution in [1.29, 1.82) is 0 Å². The zero-order chi connectivity index (χ0) is 17.5. The number of nitrogens with zero attached hydrogens (tertiary/aromatic N) is 2. The molecule has 0 spiro atoms. The molecule has 1 saturated heterocycles. The van der Waals surface area contributed by atoms with Crippen molar-refractivity contribution in [2.75, 3.05) is 6.54 Å². The third-order valence-electron chi connectivity index (χ3n) is 6.65. The van der Waals surface area contributed by atoms with Gasteiger partial charge in [-0.15, -0.1) is 0 Å². The number of unbranched alkanes of at least 4 members (excludes halogenated alkanes) is 1. The number of aromatic nitrogens is 1. The van der Waals surface area contributed by atoms with Gasteiger partial charge in [0.15, 0.2) is 0 Å². The van der Waals surface area contributed by atoms with Gasteiger partial charge < -0.3 is 4.57 Å². The van der Waals surface area contributed by atoms with Crippen molar-refractivity contribution in [3.63, 3.8) is 0 Å². The minimum Gasteiger partial charge on any atom is -0.347 e. The predicted octanol–water partition coefficient (Wildman–Crippen LogP) is 5.26. The second kappa shape index (κ2) is 6.59. The van der Waals surface area contributed by atoms with Crippen molar-refractivity contribution in [1.82, 2.24) is 9.47 Å². The fourth-order valence-corrected chi connectivity index (χ4v) is 5.39. The Bertz CT molecular complexity index is 909. The van der Waals surface area contributed by atoms with Crippen molar-refractivity contribution >= 4 is 10.9 Å². The molecule has 1 aromatic heterocycles. The minimum atomic E-state index is 0.645. The van der Waals surface area contributed by atoms with Crippen molar-refractivity contribution in [2.24, 2.45) is 7.05 Å². The maximum atomic E-state index is 2.83. The van der Waals surface area contributed by atoms with Gasteiger partial charge in [0.1, 0.15) is 0 Å². The second-order valence-corrected chi connectivity index (χ2v) is 8.07. The number of fused-ring (bicyclic) bond motifs is 6. The highest BCUT2D eigenvalue weighted by atomic mass is 15.2. The first kappa shape index (κ1) is 16.1. The summed E-state index contributed by atoms with van der Waals surface area (Å²) >= 11 is 0. The molecule has 2 bridgehead atoms. The Labute approximate surface area is 156 Å². The van der Waals surface area contributed by atoms with E-state index in [4.69, 9.17) is 0 Å². The van der Waals surface area contributed by atoms with Crippen LogP contribution in [0.3, 0.4) is 0 Å². The summed E-state index contributed by atoms with van der Waals surface area (Å²) in [5, 5.41) is 1.49. The van der Waals surface area contributed by atoms with E-state index in [9.17, 15) is 0 Å². The zero-order valence-corrected chi connectivity index (χ0v) is 15.7. The highest BCUT2D eigenvalue weighted by molar-refractivity contribution is 5.86. The van der Waals surface area contributed by atoms with Gasteiger partial charge in [0.2, 0.25) is 0 Å². The summed E-state index contributed by atoms with van der Waals surface area (Å²) in [7, 11) is 2.26. The molecule has 2 aliphatic rings. The van der Waals surface area contributed by atoms with E-state index in [-0.39, 0.29) is 0 Å². The molecule has 0 N–H and O–H groups in total. The molecule has 3 heterocycles. The van der Waals surface area contributed by atoms with Gasteiger partial charge in [-0.1, -0.05) is 48.5 Å². The highest BCUT2D eigenvalue weighted by Crippen LogP contribution is 2.47. The lowest BCUT2D eigenvalue weighted by Crippen LogP contribution is -2.38. The molecule has 0 aliphatic carbocycles. The Hall–Kier alpha value is -2.06. The van der Waals surface area contributed by atoms with E-state index in [0.717, 1.165) is 6.04 Å². The summed E-state index contributed by atoms with van der Waals surface area (Å²) in [4.78, 5) is 2.83. The molecule has 5 rings (SSSR count). The number of hydrogen-bond acceptors (Lipinski definition) is 1. The van der Waals surface area contributed by atoms with Crippen LogP contribution in [0.25, 0.3) is 10.9 Å². The largest absolute Gasteiger partial charge is 0.347 e. The van der Waals surface area contributed by atoms with Crippen LogP contribution >= 0.6 is 0 Å². The summed E-state index contributed by atoms with van der Waals surface area (Å²) in [6, 6.07) is 21.3. The van der Waals surface area contributed by atoms with E-state index in [0.29, 0.717) is 6.04 Å². The molecule has 1 fully saturated rings. The lowest BCUT2D eigenvalue weighted by atomic mass is 9.96. The monoisotopic (exact) mass is 344 g/mol. The fraction of sp³-hybridized carbons (Fsp3) is 0.417. The molecule has 2 heteroatoms. The van der Waals surface area contributed by atoms with Crippen LogP contribution in [0.5, 0.6) is 0 Å². The maximum absolute atomic E-state index is 2.83. The Morgan fingerprint density at radius 1 is 0.923 bits per heavy atom. The molecule has 0 amide bonds. The molecule has 134 valence electrons. The molecule has 2 atom stereocenters. The van der Waals surface area contributed by atoms with E-state index < -0.39 is 0 Å². The summed E-state index contributed by atoms with van der Waals surface area (Å²) in [6.07, 6.45) is 7.75. The number of rotatable bonds is 5. The third-order valence-corrected chi connectivity index (χ3v) is 6.65. The topological polar surface area (TPSA) is 8.17 Å². The van der Waals surface area contributed by atoms with Gasteiger partial charge in [-0.25, -0.2) is 0 Å². The Balaban J connectivity index is 1.32. The number of aryl methyl sites for hydroxylation is 2. The van der Waals surface area contributed by atoms with Gasteiger partial charge in [-0.3, -0.25) is 4.90 Å². The number of benzene rings is 2. The van der Waals surface area contributed by atoms with Crippen LogP contribution < -0.4 is 0 Å². The summed E-state index contributed by atoms with van der Waals surface area (Å²) in [5.41, 5.74) is 6.12. The molecule has 2 aliphatic heterocycles. The van der Waals surface area contributed by atoms with E-state index in [1.54, 1.807) is 11.3 Å². The van der Waals surface area contributed by atoms with Gasteiger partial charge in [0.05, 0.1) is 0 Å². The maximum Gasteiger partial charge on any atom is 0.0483 e. The third kappa shape index (κ3) is 2.59. The van der Waals surface area contributed by atoms with Gasteiger partial charge >= 0.3 is 0 Å². The standard InChI is InChI=1S/C24H28N2/c1-25-21-13-6-5-12-20(21)24-22-15-14-19(17-23(24)25)26(22)16-8-7-11-18-9-3-2-4-10-18/h2-6,9-10,12-13,19,22H,7-8,11,14-17H2,1H3. The highest BCUT2D eigenvalue weighted by Gasteiger charge is 2.41. The van der Waals surface area contributed by atoms with E-state index in [1.807, 2.05) is 0 Å². The van der Waals surface area contributed by atoms with Crippen LogP contribution in [0.1, 0.15) is 48.5 Å². The number of hydrogen-bond donors (Lipinski definition) is 0. The van der Waals surface area contributed by atoms with Crippen molar-refractivity contribution in [3.05, 3.63) is 71.4 Å². The Morgan fingerprint density at radius 2 is 1.73 bits per heavy atom. The quantitative estimate of drug-likeness (QED) is 0.573. The molecule has 0 radical (unpaired) electrons. The van der Waals surface area contributed by atoms with Crippen molar-refractivity contribution < 1.29 is 0 Å². The van der Waals surface area contributed by atoms with E-state index in [1.165, 1.54) is 61.5 Å². The first-order valence-corrected chi connectivity index (χ1v) is 10.2. The molecule has 0 saturated carbocycles. The van der Waals surface area contributed by atoms with Gasteiger partial charge in [0.25, 0.3) is 0 Å². The van der Waals surface area contributed by atoms with Crippen LogP contribution in [0, 0.1) is 0 Å². The normalized spacial score (nSPS) is 22.0. The second-order valence-electron chi connectivity index (χ2n) is 8.07. The van der Waals surface area contributed by atoms with Crippen LogP contribution in [-0.2, 0) is 19.9 Å². The summed E-state index contributed by atoms with van der Waals surface area (Å²) in [6.45, 7) is 1.25. The first-order valence-electron chi connectivity index (χ1n) is 10.2. The first-order chi connectivity index (χ1) is 12.8. The van der Waals surface area contributed by atoms with Gasteiger partial charge in [-0.2, -0.15) is 0 Å².